The van der Waals surface area contributed by atoms with Crippen LogP contribution in [0.2, 0.25) is 0 Å². The van der Waals surface area contributed by atoms with Crippen molar-refractivity contribution in [2.24, 2.45) is 5.73 Å². The molecule has 0 radical (unpaired) electrons. The molecule has 0 aliphatic carbocycles. The van der Waals surface area contributed by atoms with E-state index in [0.29, 0.717) is 11.1 Å². The maximum absolute atomic E-state index is 14.3. The van der Waals surface area contributed by atoms with Crippen molar-refractivity contribution < 1.29 is 23.2 Å². The molecule has 0 heterocycles. The van der Waals surface area contributed by atoms with Crippen LogP contribution in [0.1, 0.15) is 40.0 Å². The van der Waals surface area contributed by atoms with Gasteiger partial charge < -0.3 is 20.9 Å². The largest absolute Gasteiger partial charge is 0.357 e. The van der Waals surface area contributed by atoms with E-state index in [4.69, 9.17) is 5.73 Å². The van der Waals surface area contributed by atoms with Gasteiger partial charge in [-0.15, -0.1) is 0 Å². The second kappa shape index (κ2) is 14.7. The summed E-state index contributed by atoms with van der Waals surface area (Å²) in [6, 6.07) is 25.6. The lowest BCUT2D eigenvalue weighted by molar-refractivity contribution is -0.142. The van der Waals surface area contributed by atoms with Gasteiger partial charge in [-0.05, 0) is 59.0 Å². The molecule has 0 aromatic heterocycles. The minimum Gasteiger partial charge on any atom is -0.357 e. The van der Waals surface area contributed by atoms with Crippen LogP contribution in [0.4, 0.5) is 8.78 Å². The normalized spacial score (nSPS) is 13.0. The molecule has 3 amide bonds. The number of carbonyl (C=O) groups excluding carboxylic acids is 3. The molecule has 0 saturated heterocycles. The van der Waals surface area contributed by atoms with E-state index in [1.54, 1.807) is 25.2 Å². The highest BCUT2D eigenvalue weighted by atomic mass is 19.2. The van der Waals surface area contributed by atoms with Crippen LogP contribution < -0.4 is 11.1 Å². The van der Waals surface area contributed by atoms with Crippen LogP contribution in [0.15, 0.2) is 97.1 Å². The van der Waals surface area contributed by atoms with E-state index in [-0.39, 0.29) is 24.8 Å². The Hall–Kier alpha value is -4.89. The standard InChI is InChI=1S/C36H38F2N4O3/c1-23(39)28-11-8-12-29(22-28)35(44)42(4)33(20-24-13-16-27(17-14-24)26-9-6-5-7-10-26)36(45)41(3)32(34(43)40-2)21-25-15-18-30(37)31(38)19-25/h5-19,22-23,32-33H,20-21,39H2,1-4H3,(H,40,43)/t23?,32-,33-/m1/s1. The van der Waals surface area contributed by atoms with Crippen LogP contribution in [-0.4, -0.2) is 60.7 Å². The second-order valence-electron chi connectivity index (χ2n) is 11.1. The number of carbonyl (C=O) groups is 3. The number of nitrogens with two attached hydrogens (primary N) is 1. The van der Waals surface area contributed by atoms with Gasteiger partial charge in [-0.3, -0.25) is 14.4 Å². The summed E-state index contributed by atoms with van der Waals surface area (Å²) in [4.78, 5) is 43.7. The number of likely N-dealkylation sites (N-methyl/N-ethyl adjacent to an activating group) is 3. The number of halogens is 2. The number of amides is 3. The predicted octanol–water partition coefficient (Wildman–Crippen LogP) is 5.15. The molecule has 4 aromatic rings. The molecule has 1 unspecified atom stereocenters. The van der Waals surface area contributed by atoms with Crippen LogP contribution >= 0.6 is 0 Å². The Morgan fingerprint density at radius 1 is 0.733 bits per heavy atom. The molecule has 9 heteroatoms. The molecule has 45 heavy (non-hydrogen) atoms. The monoisotopic (exact) mass is 612 g/mol. The van der Waals surface area contributed by atoms with Gasteiger partial charge in [0.05, 0.1) is 0 Å². The fourth-order valence-electron chi connectivity index (χ4n) is 5.23. The fraction of sp³-hybridized carbons (Fsp3) is 0.250. The zero-order chi connectivity index (χ0) is 32.7. The van der Waals surface area contributed by atoms with Crippen LogP contribution in [-0.2, 0) is 22.4 Å². The predicted molar refractivity (Wildman–Crippen MR) is 171 cm³/mol. The molecule has 0 spiro atoms. The molecule has 0 bridgehead atoms. The van der Waals surface area contributed by atoms with E-state index >= 15 is 0 Å². The third-order valence-electron chi connectivity index (χ3n) is 8.00. The number of rotatable bonds is 11. The third kappa shape index (κ3) is 7.99. The van der Waals surface area contributed by atoms with Gasteiger partial charge in [-0.2, -0.15) is 0 Å². The molecule has 7 nitrogen and oxygen atoms in total. The molecule has 3 atom stereocenters. The topological polar surface area (TPSA) is 95.7 Å². The number of nitrogens with one attached hydrogen (secondary N) is 1. The molecule has 234 valence electrons. The highest BCUT2D eigenvalue weighted by molar-refractivity contribution is 5.98. The first-order valence-electron chi connectivity index (χ1n) is 14.7. The first-order valence-corrected chi connectivity index (χ1v) is 14.7. The SMILES string of the molecule is CNC(=O)[C@@H](Cc1ccc(F)c(F)c1)N(C)C(=O)[C@@H](Cc1ccc(-c2ccccc2)cc1)N(C)C(=O)c1cccc(C(C)N)c1. The van der Waals surface area contributed by atoms with Crippen LogP contribution in [0, 0.1) is 11.6 Å². The highest BCUT2D eigenvalue weighted by Crippen LogP contribution is 2.23. The van der Waals surface area contributed by atoms with Gasteiger partial charge in [0, 0.05) is 45.6 Å². The fourth-order valence-corrected chi connectivity index (χ4v) is 5.23. The Labute approximate surface area is 262 Å². The first-order chi connectivity index (χ1) is 21.5. The Kier molecular flexibility index (Phi) is 10.8. The lowest BCUT2D eigenvalue weighted by Gasteiger charge is -2.34. The van der Waals surface area contributed by atoms with Crippen LogP contribution in [0.25, 0.3) is 11.1 Å². The Morgan fingerprint density at radius 2 is 1.36 bits per heavy atom. The number of hydrogen-bond acceptors (Lipinski definition) is 4. The van der Waals surface area contributed by atoms with Gasteiger partial charge in [0.2, 0.25) is 11.8 Å². The van der Waals surface area contributed by atoms with E-state index in [1.807, 2.05) is 67.6 Å². The van der Waals surface area contributed by atoms with Crippen molar-refractivity contribution in [2.75, 3.05) is 21.1 Å². The minimum absolute atomic E-state index is 0.0638. The highest BCUT2D eigenvalue weighted by Gasteiger charge is 2.35. The summed E-state index contributed by atoms with van der Waals surface area (Å²) in [5.41, 5.74) is 10.4. The van der Waals surface area contributed by atoms with Crippen molar-refractivity contribution in [1.82, 2.24) is 15.1 Å². The zero-order valence-corrected chi connectivity index (χ0v) is 25.8. The summed E-state index contributed by atoms with van der Waals surface area (Å²) in [6.07, 6.45) is 0.102. The van der Waals surface area contributed by atoms with E-state index in [9.17, 15) is 23.2 Å². The van der Waals surface area contributed by atoms with Crippen molar-refractivity contribution in [3.8, 4) is 11.1 Å². The Morgan fingerprint density at radius 3 is 1.98 bits per heavy atom. The summed E-state index contributed by atoms with van der Waals surface area (Å²) >= 11 is 0. The van der Waals surface area contributed by atoms with Crippen LogP contribution in [0.5, 0.6) is 0 Å². The lowest BCUT2D eigenvalue weighted by Crippen LogP contribution is -2.55. The van der Waals surface area contributed by atoms with Crippen molar-refractivity contribution in [3.05, 3.63) is 131 Å². The first kappa shape index (κ1) is 33.0. The smallest absolute Gasteiger partial charge is 0.254 e. The molecule has 4 rings (SSSR count). The number of benzene rings is 4. The summed E-state index contributed by atoms with van der Waals surface area (Å²) in [5, 5.41) is 2.56. The third-order valence-corrected chi connectivity index (χ3v) is 8.00. The second-order valence-corrected chi connectivity index (χ2v) is 11.1. The maximum atomic E-state index is 14.3. The van der Waals surface area contributed by atoms with Gasteiger partial charge in [-0.25, -0.2) is 8.78 Å². The molecule has 0 aliphatic rings. The molecule has 3 N–H and O–H groups in total. The van der Waals surface area contributed by atoms with E-state index in [1.165, 1.54) is 30.0 Å². The van der Waals surface area contributed by atoms with Crippen molar-refractivity contribution in [3.63, 3.8) is 0 Å². The minimum atomic E-state index is -1.06. The van der Waals surface area contributed by atoms with Gasteiger partial charge in [0.1, 0.15) is 12.1 Å². The number of nitrogens with zero attached hydrogens (tertiary/aromatic N) is 2. The summed E-state index contributed by atoms with van der Waals surface area (Å²) in [6.45, 7) is 1.82. The van der Waals surface area contributed by atoms with Gasteiger partial charge in [0.15, 0.2) is 11.6 Å². The van der Waals surface area contributed by atoms with Crippen molar-refractivity contribution in [1.29, 1.82) is 0 Å². The van der Waals surface area contributed by atoms with Gasteiger partial charge in [0.25, 0.3) is 5.91 Å². The van der Waals surface area contributed by atoms with Crippen LogP contribution in [0.3, 0.4) is 0 Å². The average Bonchev–Trinajstić information content (AvgIpc) is 3.06. The molecule has 4 aromatic carbocycles. The number of hydrogen-bond donors (Lipinski definition) is 2. The van der Waals surface area contributed by atoms with Gasteiger partial charge >= 0.3 is 0 Å². The lowest BCUT2D eigenvalue weighted by atomic mass is 9.97. The summed E-state index contributed by atoms with van der Waals surface area (Å²) in [5.74, 6) is -3.42. The summed E-state index contributed by atoms with van der Waals surface area (Å²) in [7, 11) is 4.47. The maximum Gasteiger partial charge on any atom is 0.254 e. The summed E-state index contributed by atoms with van der Waals surface area (Å²) < 4.78 is 27.6. The van der Waals surface area contributed by atoms with Crippen molar-refractivity contribution >= 4 is 17.7 Å². The molecule has 0 aliphatic heterocycles. The average molecular weight is 613 g/mol. The molecule has 0 saturated carbocycles. The molecular formula is C36H38F2N4O3. The molecule has 0 fully saturated rings. The quantitative estimate of drug-likeness (QED) is 0.245. The van der Waals surface area contributed by atoms with E-state index < -0.39 is 35.5 Å². The Bertz CT molecular complexity index is 1640. The Balaban J connectivity index is 1.68. The van der Waals surface area contributed by atoms with Gasteiger partial charge in [-0.1, -0.05) is 72.8 Å². The zero-order valence-electron chi connectivity index (χ0n) is 25.8. The molecular weight excluding hydrogens is 574 g/mol. The van der Waals surface area contributed by atoms with E-state index in [0.717, 1.165) is 34.4 Å². The van der Waals surface area contributed by atoms with E-state index in [2.05, 4.69) is 5.32 Å². The van der Waals surface area contributed by atoms with Crippen molar-refractivity contribution in [2.45, 2.75) is 37.9 Å².